The molecule has 0 spiro atoms. The number of hydrogen-bond donors (Lipinski definition) is 1. The lowest BCUT2D eigenvalue weighted by Crippen LogP contribution is -2.26. The van der Waals surface area contributed by atoms with Gasteiger partial charge >= 0.3 is 0 Å². The second-order valence-corrected chi connectivity index (χ2v) is 6.06. The molecule has 116 valence electrons. The molecule has 2 N–H and O–H groups in total. The van der Waals surface area contributed by atoms with Gasteiger partial charge in [0.05, 0.1) is 10.6 Å². The van der Waals surface area contributed by atoms with Crippen LogP contribution in [0.2, 0.25) is 0 Å². The molecule has 1 aromatic heterocycles. The maximum Gasteiger partial charge on any atom is 0.292 e. The third-order valence-corrected chi connectivity index (χ3v) is 4.11. The summed E-state index contributed by atoms with van der Waals surface area (Å²) in [6, 6.07) is 6.62. The molecule has 2 rings (SSSR count). The molecule has 0 aliphatic heterocycles. The number of nitro groups is 1. The Labute approximate surface area is 126 Å². The first-order valence-electron chi connectivity index (χ1n) is 6.10. The standard InChI is InChI=1S/C12H13N5O4S/c1-8-7-9(2)16(14-8)12(13)15-22(20,21)11-6-4-3-5-10(11)17(18)19/h3-7H,1-2H3,(H2,13,15). The highest BCUT2D eigenvalue weighted by Gasteiger charge is 2.25. The summed E-state index contributed by atoms with van der Waals surface area (Å²) < 4.78 is 29.1. The molecule has 0 saturated carbocycles. The van der Waals surface area contributed by atoms with Crippen LogP contribution in [-0.2, 0) is 10.0 Å². The van der Waals surface area contributed by atoms with Crippen LogP contribution >= 0.6 is 0 Å². The first kappa shape index (κ1) is 15.6. The predicted molar refractivity (Wildman–Crippen MR) is 79.0 cm³/mol. The van der Waals surface area contributed by atoms with Gasteiger partial charge in [0.15, 0.2) is 4.90 Å². The van der Waals surface area contributed by atoms with Gasteiger partial charge in [-0.2, -0.15) is 13.5 Å². The molecule has 10 heteroatoms. The normalized spacial score (nSPS) is 12.4. The van der Waals surface area contributed by atoms with Crippen molar-refractivity contribution < 1.29 is 13.3 Å². The van der Waals surface area contributed by atoms with Gasteiger partial charge in [-0.25, -0.2) is 4.68 Å². The van der Waals surface area contributed by atoms with Crippen LogP contribution in [0.15, 0.2) is 39.6 Å². The van der Waals surface area contributed by atoms with Gasteiger partial charge < -0.3 is 5.73 Å². The number of nitrogens with zero attached hydrogens (tertiary/aromatic N) is 4. The zero-order valence-corrected chi connectivity index (χ0v) is 12.6. The lowest BCUT2D eigenvalue weighted by Gasteiger charge is -2.04. The van der Waals surface area contributed by atoms with Crippen molar-refractivity contribution in [2.45, 2.75) is 18.7 Å². The topological polar surface area (TPSA) is 133 Å². The zero-order valence-electron chi connectivity index (χ0n) is 11.8. The van der Waals surface area contributed by atoms with Crippen molar-refractivity contribution in [1.82, 2.24) is 9.78 Å². The number of aromatic nitrogens is 2. The SMILES string of the molecule is Cc1cc(C)n(/C(N)=N\S(=O)(=O)c2ccccc2[N+](=O)[O-])n1. The largest absolute Gasteiger partial charge is 0.367 e. The molecule has 0 radical (unpaired) electrons. The van der Waals surface area contributed by atoms with Crippen molar-refractivity contribution in [3.8, 4) is 0 Å². The summed E-state index contributed by atoms with van der Waals surface area (Å²) in [4.78, 5) is 9.61. The maximum atomic E-state index is 12.2. The molecule has 0 aliphatic rings. The highest BCUT2D eigenvalue weighted by Crippen LogP contribution is 2.24. The number of nitro benzene ring substituents is 1. The number of nitrogens with two attached hydrogens (primary N) is 1. The van der Waals surface area contributed by atoms with Crippen LogP contribution in [0.25, 0.3) is 0 Å². The molecule has 0 unspecified atom stereocenters. The molecular formula is C12H13N5O4S. The molecule has 2 aromatic rings. The minimum absolute atomic E-state index is 0.385. The number of benzene rings is 1. The molecule has 1 aromatic carbocycles. The molecule has 0 atom stereocenters. The Morgan fingerprint density at radius 2 is 2.00 bits per heavy atom. The second-order valence-electron chi connectivity index (χ2n) is 4.49. The smallest absolute Gasteiger partial charge is 0.292 e. The van der Waals surface area contributed by atoms with E-state index in [0.29, 0.717) is 11.4 Å². The minimum Gasteiger partial charge on any atom is -0.367 e. The maximum absolute atomic E-state index is 12.2. The first-order valence-corrected chi connectivity index (χ1v) is 7.54. The van der Waals surface area contributed by atoms with E-state index < -0.39 is 25.5 Å². The Morgan fingerprint density at radius 3 is 2.55 bits per heavy atom. The van der Waals surface area contributed by atoms with Crippen LogP contribution in [0.3, 0.4) is 0 Å². The molecule has 0 amide bonds. The van der Waals surface area contributed by atoms with Crippen molar-refractivity contribution in [3.05, 3.63) is 51.8 Å². The number of aryl methyl sites for hydroxylation is 2. The fourth-order valence-electron chi connectivity index (χ4n) is 1.90. The van der Waals surface area contributed by atoms with Crippen molar-refractivity contribution >= 4 is 21.7 Å². The molecule has 0 saturated heterocycles. The second kappa shape index (κ2) is 5.56. The number of hydrogen-bond acceptors (Lipinski definition) is 5. The van der Waals surface area contributed by atoms with Crippen LogP contribution in [0.1, 0.15) is 11.4 Å². The van der Waals surface area contributed by atoms with Crippen LogP contribution in [0.4, 0.5) is 5.69 Å². The van der Waals surface area contributed by atoms with E-state index in [1.54, 1.807) is 19.9 Å². The van der Waals surface area contributed by atoms with Crippen LogP contribution in [0.5, 0.6) is 0 Å². The van der Waals surface area contributed by atoms with E-state index in [1.807, 2.05) is 0 Å². The molecule has 0 fully saturated rings. The van der Waals surface area contributed by atoms with Gasteiger partial charge in [-0.1, -0.05) is 12.1 Å². The molecule has 0 aliphatic carbocycles. The van der Waals surface area contributed by atoms with E-state index in [-0.39, 0.29) is 5.96 Å². The van der Waals surface area contributed by atoms with Gasteiger partial charge in [-0.15, -0.1) is 4.40 Å². The average molecular weight is 323 g/mol. The summed E-state index contributed by atoms with van der Waals surface area (Å²) in [5.41, 5.74) is 6.33. The van der Waals surface area contributed by atoms with Crippen molar-refractivity contribution in [1.29, 1.82) is 0 Å². The first-order chi connectivity index (χ1) is 10.2. The van der Waals surface area contributed by atoms with Crippen LogP contribution in [-0.4, -0.2) is 29.1 Å². The number of rotatable bonds is 3. The molecule has 1 heterocycles. The Hall–Kier alpha value is -2.75. The monoisotopic (exact) mass is 323 g/mol. The van der Waals surface area contributed by atoms with Gasteiger partial charge in [0.2, 0.25) is 5.96 Å². The Kier molecular flexibility index (Phi) is 3.95. The molecule has 22 heavy (non-hydrogen) atoms. The van der Waals surface area contributed by atoms with Crippen LogP contribution in [0, 0.1) is 24.0 Å². The van der Waals surface area contributed by atoms with E-state index in [0.717, 1.165) is 16.8 Å². The average Bonchev–Trinajstić information content (AvgIpc) is 2.77. The highest BCUT2D eigenvalue weighted by molar-refractivity contribution is 7.90. The zero-order chi connectivity index (χ0) is 16.5. The van der Waals surface area contributed by atoms with Gasteiger partial charge in [-0.05, 0) is 26.0 Å². The summed E-state index contributed by atoms with van der Waals surface area (Å²) in [7, 11) is -4.33. The summed E-state index contributed by atoms with van der Waals surface area (Å²) in [5, 5.41) is 14.9. The Bertz CT molecular complexity index is 869. The van der Waals surface area contributed by atoms with Gasteiger partial charge in [0, 0.05) is 11.8 Å². The van der Waals surface area contributed by atoms with E-state index in [4.69, 9.17) is 5.73 Å². The van der Waals surface area contributed by atoms with E-state index in [9.17, 15) is 18.5 Å². The number of sulfonamides is 1. The molecule has 0 bridgehead atoms. The van der Waals surface area contributed by atoms with Gasteiger partial charge in [0.25, 0.3) is 15.7 Å². The summed E-state index contributed by atoms with van der Waals surface area (Å²) in [6.07, 6.45) is 0. The quantitative estimate of drug-likeness (QED) is 0.387. The predicted octanol–water partition coefficient (Wildman–Crippen LogP) is 0.960. The lowest BCUT2D eigenvalue weighted by molar-refractivity contribution is -0.387. The van der Waals surface area contributed by atoms with E-state index in [2.05, 4.69) is 9.50 Å². The van der Waals surface area contributed by atoms with Crippen molar-refractivity contribution in [2.24, 2.45) is 10.1 Å². The fraction of sp³-hybridized carbons (Fsp3) is 0.167. The third kappa shape index (κ3) is 2.96. The van der Waals surface area contributed by atoms with Gasteiger partial charge in [0.1, 0.15) is 0 Å². The Balaban J connectivity index is 2.55. The van der Waals surface area contributed by atoms with Gasteiger partial charge in [-0.3, -0.25) is 10.1 Å². The highest BCUT2D eigenvalue weighted by atomic mass is 32.2. The summed E-state index contributed by atoms with van der Waals surface area (Å²) >= 11 is 0. The molecule has 9 nitrogen and oxygen atoms in total. The lowest BCUT2D eigenvalue weighted by atomic mass is 10.3. The van der Waals surface area contributed by atoms with Crippen molar-refractivity contribution in [3.63, 3.8) is 0 Å². The van der Waals surface area contributed by atoms with E-state index in [1.165, 1.54) is 12.1 Å². The minimum atomic E-state index is -4.33. The van der Waals surface area contributed by atoms with Crippen LogP contribution < -0.4 is 5.73 Å². The summed E-state index contributed by atoms with van der Waals surface area (Å²) in [5.74, 6) is -0.385. The fourth-order valence-corrected chi connectivity index (χ4v) is 2.98. The third-order valence-electron chi connectivity index (χ3n) is 2.78. The van der Waals surface area contributed by atoms with E-state index >= 15 is 0 Å². The Morgan fingerprint density at radius 1 is 1.36 bits per heavy atom. The van der Waals surface area contributed by atoms with Crippen molar-refractivity contribution in [2.75, 3.05) is 0 Å². The summed E-state index contributed by atoms with van der Waals surface area (Å²) in [6.45, 7) is 3.40. The number of para-hydroxylation sites is 1. The molecular weight excluding hydrogens is 310 g/mol.